The molecule has 0 aromatic rings. The minimum absolute atomic E-state index is 1.48. The van der Waals surface area contributed by atoms with Gasteiger partial charge in [-0.15, -0.1) is 13.2 Å². The predicted molar refractivity (Wildman–Crippen MR) is 88.6 cm³/mol. The summed E-state index contributed by atoms with van der Waals surface area (Å²) in [5.74, 6) is 0. The zero-order valence-electron chi connectivity index (χ0n) is 14.4. The van der Waals surface area contributed by atoms with Gasteiger partial charge in [0.1, 0.15) is 0 Å². The molecule has 0 heterocycles. The molecular weight excluding hydrogens is 342 g/mol. The van der Waals surface area contributed by atoms with Crippen molar-refractivity contribution in [2.24, 2.45) is 0 Å². The summed E-state index contributed by atoms with van der Waals surface area (Å²) in [6.07, 6.45) is 0. The lowest BCUT2D eigenvalue weighted by molar-refractivity contribution is 0.0635. The fourth-order valence-corrected chi connectivity index (χ4v) is 15.0. The van der Waals surface area contributed by atoms with Crippen LogP contribution in [0, 0.1) is 0 Å². The van der Waals surface area contributed by atoms with Crippen molar-refractivity contribution in [1.82, 2.24) is 3.90 Å². The van der Waals surface area contributed by atoms with Gasteiger partial charge in [-0.05, 0) is 11.4 Å². The zero-order chi connectivity index (χ0) is 17.4. The van der Waals surface area contributed by atoms with E-state index in [2.05, 4.69) is 13.2 Å². The van der Waals surface area contributed by atoms with Crippen LogP contribution in [0.25, 0.3) is 0 Å². The highest BCUT2D eigenvalue weighted by atomic mass is 28.5. The molecule has 0 saturated heterocycles. The molecule has 0 aliphatic carbocycles. The van der Waals surface area contributed by atoms with Crippen molar-refractivity contribution in [3.63, 3.8) is 0 Å². The van der Waals surface area contributed by atoms with Gasteiger partial charge in [0.15, 0.2) is 0 Å². The fraction of sp³-hybridized carbons (Fsp3) is 0.636. The van der Waals surface area contributed by atoms with E-state index in [0.717, 1.165) is 0 Å². The SMILES string of the molecule is C=C[Si](OC)(OC)N([Si](C=C)(OC)OC)[Si](OC)(OC)OC. The Bertz CT molecular complexity index is 327. The summed E-state index contributed by atoms with van der Waals surface area (Å²) in [6.45, 7) is 7.66. The zero-order valence-corrected chi connectivity index (χ0v) is 17.4. The Morgan fingerprint density at radius 1 is 0.591 bits per heavy atom. The molecule has 0 radical (unpaired) electrons. The second-order valence-corrected chi connectivity index (χ2v) is 13.9. The van der Waals surface area contributed by atoms with Gasteiger partial charge >= 0.3 is 26.4 Å². The van der Waals surface area contributed by atoms with Crippen molar-refractivity contribution >= 4 is 26.4 Å². The number of nitrogens with zero attached hydrogens (tertiary/aromatic N) is 1. The van der Waals surface area contributed by atoms with E-state index in [4.69, 9.17) is 31.0 Å². The minimum atomic E-state index is -3.43. The average molecular weight is 370 g/mol. The van der Waals surface area contributed by atoms with E-state index in [-0.39, 0.29) is 0 Å². The van der Waals surface area contributed by atoms with Crippen LogP contribution in [0.15, 0.2) is 24.6 Å². The van der Waals surface area contributed by atoms with Gasteiger partial charge in [0.2, 0.25) is 0 Å². The highest BCUT2D eigenvalue weighted by molar-refractivity contribution is 6.97. The van der Waals surface area contributed by atoms with Gasteiger partial charge in [-0.25, -0.2) is 3.90 Å². The Labute approximate surface area is 136 Å². The molecule has 0 bridgehead atoms. The summed E-state index contributed by atoms with van der Waals surface area (Å²) in [7, 11) is 0.619. The normalized spacial score (nSPS) is 13.5. The second kappa shape index (κ2) is 9.19. The molecule has 8 nitrogen and oxygen atoms in total. The molecule has 11 heteroatoms. The Kier molecular flexibility index (Phi) is 9.11. The summed E-state index contributed by atoms with van der Waals surface area (Å²) >= 11 is 0. The van der Waals surface area contributed by atoms with Gasteiger partial charge in [0.25, 0.3) is 0 Å². The lowest BCUT2D eigenvalue weighted by atomic mass is 11.3. The molecule has 0 amide bonds. The first-order valence-corrected chi connectivity index (χ1v) is 11.7. The van der Waals surface area contributed by atoms with E-state index in [1.807, 2.05) is 0 Å². The first kappa shape index (κ1) is 21.8. The van der Waals surface area contributed by atoms with Gasteiger partial charge < -0.3 is 31.0 Å². The molecule has 0 aliphatic rings. The Hall–Kier alpha value is -0.189. The van der Waals surface area contributed by atoms with Crippen LogP contribution >= 0.6 is 0 Å². The molecular formula is C11H27NO7Si3. The standard InChI is InChI=1S/C11H27NO7Si3/c1-10-20(13-3,14-4)12(21(11-2,15-5)16-6)22(17-7,18-8)19-9/h10-11H,1-2H2,3-9H3. The van der Waals surface area contributed by atoms with Gasteiger partial charge in [-0.1, -0.05) is 0 Å². The van der Waals surface area contributed by atoms with Crippen molar-refractivity contribution in [2.75, 3.05) is 49.8 Å². The Balaban J connectivity index is 6.55. The van der Waals surface area contributed by atoms with Crippen LogP contribution in [0.2, 0.25) is 0 Å². The van der Waals surface area contributed by atoms with E-state index < -0.39 is 26.4 Å². The van der Waals surface area contributed by atoms with E-state index in [1.165, 1.54) is 49.8 Å². The predicted octanol–water partition coefficient (Wildman–Crippen LogP) is 0.577. The van der Waals surface area contributed by atoms with E-state index >= 15 is 0 Å². The summed E-state index contributed by atoms with van der Waals surface area (Å²) < 4.78 is 41.1. The number of hydrogen-bond donors (Lipinski definition) is 0. The molecule has 0 unspecified atom stereocenters. The number of rotatable bonds is 12. The highest BCUT2D eigenvalue weighted by Crippen LogP contribution is 2.31. The Morgan fingerprint density at radius 2 is 0.864 bits per heavy atom. The fourth-order valence-electron chi connectivity index (χ4n) is 2.17. The third kappa shape index (κ3) is 3.49. The minimum Gasteiger partial charge on any atom is -0.383 e. The van der Waals surface area contributed by atoms with Gasteiger partial charge in [-0.3, -0.25) is 0 Å². The molecule has 130 valence electrons. The molecule has 0 fully saturated rings. The summed E-state index contributed by atoms with van der Waals surface area (Å²) in [6, 6.07) is 0. The van der Waals surface area contributed by atoms with Crippen LogP contribution in [-0.2, 0) is 31.0 Å². The van der Waals surface area contributed by atoms with E-state index in [1.54, 1.807) is 15.3 Å². The van der Waals surface area contributed by atoms with Crippen LogP contribution in [0.1, 0.15) is 0 Å². The second-order valence-electron chi connectivity index (χ2n) is 3.96. The topological polar surface area (TPSA) is 67.9 Å². The number of hydrogen-bond acceptors (Lipinski definition) is 8. The van der Waals surface area contributed by atoms with Crippen LogP contribution in [0.5, 0.6) is 0 Å². The van der Waals surface area contributed by atoms with E-state index in [9.17, 15) is 0 Å². The van der Waals surface area contributed by atoms with Crippen molar-refractivity contribution in [3.05, 3.63) is 24.6 Å². The maximum absolute atomic E-state index is 5.67. The highest BCUT2D eigenvalue weighted by Gasteiger charge is 2.69. The van der Waals surface area contributed by atoms with Crippen molar-refractivity contribution in [2.45, 2.75) is 0 Å². The van der Waals surface area contributed by atoms with Gasteiger partial charge in [0, 0.05) is 49.8 Å². The molecule has 0 rings (SSSR count). The molecule has 0 aromatic carbocycles. The molecule has 22 heavy (non-hydrogen) atoms. The van der Waals surface area contributed by atoms with Crippen LogP contribution in [-0.4, -0.2) is 80.1 Å². The molecule has 0 aromatic heterocycles. The van der Waals surface area contributed by atoms with Gasteiger partial charge in [0.05, 0.1) is 0 Å². The summed E-state index contributed by atoms with van der Waals surface area (Å²) in [4.78, 5) is 0. The molecule has 0 aliphatic heterocycles. The van der Waals surface area contributed by atoms with Crippen molar-refractivity contribution < 1.29 is 31.0 Å². The smallest absolute Gasteiger partial charge is 0.383 e. The summed E-state index contributed by atoms with van der Waals surface area (Å²) in [5.41, 5.74) is 3.16. The Morgan fingerprint density at radius 3 is 1.00 bits per heavy atom. The van der Waals surface area contributed by atoms with Crippen LogP contribution in [0.3, 0.4) is 0 Å². The quantitative estimate of drug-likeness (QED) is 0.463. The van der Waals surface area contributed by atoms with Crippen LogP contribution < -0.4 is 0 Å². The largest absolute Gasteiger partial charge is 0.592 e. The van der Waals surface area contributed by atoms with Crippen molar-refractivity contribution in [1.29, 1.82) is 0 Å². The lowest BCUT2D eigenvalue weighted by Crippen LogP contribution is -2.81. The molecule has 0 saturated carbocycles. The van der Waals surface area contributed by atoms with Gasteiger partial charge in [-0.2, -0.15) is 0 Å². The van der Waals surface area contributed by atoms with Crippen LogP contribution in [0.4, 0.5) is 0 Å². The summed E-state index contributed by atoms with van der Waals surface area (Å²) in [5, 5.41) is 0. The first-order valence-electron chi connectivity index (χ1n) is 6.35. The van der Waals surface area contributed by atoms with E-state index in [0.29, 0.717) is 0 Å². The third-order valence-electron chi connectivity index (χ3n) is 3.36. The lowest BCUT2D eigenvalue weighted by Gasteiger charge is -2.48. The van der Waals surface area contributed by atoms with Crippen molar-refractivity contribution in [3.8, 4) is 0 Å². The first-order chi connectivity index (χ1) is 10.4. The molecule has 0 atom stereocenters. The molecule has 0 N–H and O–H groups in total. The monoisotopic (exact) mass is 369 g/mol. The maximum atomic E-state index is 5.67. The maximum Gasteiger partial charge on any atom is 0.592 e. The average Bonchev–Trinajstić information content (AvgIpc) is 2.60. The molecule has 0 spiro atoms. The third-order valence-corrected chi connectivity index (χ3v) is 15.5.